The van der Waals surface area contributed by atoms with Crippen LogP contribution in [0.5, 0.6) is 0 Å². The first kappa shape index (κ1) is 12.3. The Morgan fingerprint density at radius 2 is 2.25 bits per heavy atom. The molecule has 0 radical (unpaired) electrons. The predicted molar refractivity (Wildman–Crippen MR) is 64.6 cm³/mol. The molecule has 1 N–H and O–H groups in total. The van der Waals surface area contributed by atoms with Gasteiger partial charge in [0.1, 0.15) is 0 Å². The second kappa shape index (κ2) is 5.48. The Kier molecular flexibility index (Phi) is 4.22. The SMILES string of the molecule is COCCC1(CNC2CCOC2C)CCC1. The fraction of sp³-hybridized carbons (Fsp3) is 1.00. The highest BCUT2D eigenvalue weighted by atomic mass is 16.5. The van der Waals surface area contributed by atoms with Crippen molar-refractivity contribution in [2.24, 2.45) is 5.41 Å². The summed E-state index contributed by atoms with van der Waals surface area (Å²) in [4.78, 5) is 0. The highest BCUT2D eigenvalue weighted by Gasteiger charge is 2.37. The molecule has 3 nitrogen and oxygen atoms in total. The molecule has 0 amide bonds. The van der Waals surface area contributed by atoms with E-state index in [2.05, 4.69) is 12.2 Å². The molecule has 0 aromatic heterocycles. The van der Waals surface area contributed by atoms with Crippen LogP contribution in [0.1, 0.15) is 39.0 Å². The van der Waals surface area contributed by atoms with E-state index in [4.69, 9.17) is 9.47 Å². The molecule has 0 bridgehead atoms. The van der Waals surface area contributed by atoms with Crippen LogP contribution >= 0.6 is 0 Å². The van der Waals surface area contributed by atoms with Crippen LogP contribution in [0.25, 0.3) is 0 Å². The van der Waals surface area contributed by atoms with Crippen molar-refractivity contribution in [3.05, 3.63) is 0 Å². The summed E-state index contributed by atoms with van der Waals surface area (Å²) in [7, 11) is 1.80. The van der Waals surface area contributed by atoms with Crippen molar-refractivity contribution in [2.75, 3.05) is 26.9 Å². The molecule has 1 heterocycles. The zero-order chi connectivity index (χ0) is 11.4. The van der Waals surface area contributed by atoms with Gasteiger partial charge < -0.3 is 14.8 Å². The van der Waals surface area contributed by atoms with E-state index in [1.54, 1.807) is 7.11 Å². The maximum atomic E-state index is 5.58. The first-order valence-corrected chi connectivity index (χ1v) is 6.60. The lowest BCUT2D eigenvalue weighted by molar-refractivity contribution is 0.0600. The van der Waals surface area contributed by atoms with Crippen LogP contribution < -0.4 is 5.32 Å². The summed E-state index contributed by atoms with van der Waals surface area (Å²) < 4.78 is 10.8. The molecule has 16 heavy (non-hydrogen) atoms. The van der Waals surface area contributed by atoms with Gasteiger partial charge in [0.25, 0.3) is 0 Å². The second-order valence-corrected chi connectivity index (χ2v) is 5.45. The minimum Gasteiger partial charge on any atom is -0.385 e. The van der Waals surface area contributed by atoms with Crippen molar-refractivity contribution in [3.63, 3.8) is 0 Å². The zero-order valence-electron chi connectivity index (χ0n) is 10.6. The lowest BCUT2D eigenvalue weighted by Crippen LogP contribution is -2.46. The van der Waals surface area contributed by atoms with Crippen LogP contribution in [0, 0.1) is 5.41 Å². The molecule has 0 spiro atoms. The Bertz CT molecular complexity index is 216. The molecule has 2 fully saturated rings. The van der Waals surface area contributed by atoms with Crippen molar-refractivity contribution in [2.45, 2.75) is 51.2 Å². The standard InChI is InChI=1S/C13H25NO2/c1-11-12(4-8-16-11)14-10-13(5-3-6-13)7-9-15-2/h11-12,14H,3-10H2,1-2H3. The van der Waals surface area contributed by atoms with E-state index in [1.165, 1.54) is 32.1 Å². The van der Waals surface area contributed by atoms with Gasteiger partial charge >= 0.3 is 0 Å². The summed E-state index contributed by atoms with van der Waals surface area (Å²) in [5.41, 5.74) is 0.526. The Morgan fingerprint density at radius 1 is 1.44 bits per heavy atom. The second-order valence-electron chi connectivity index (χ2n) is 5.45. The van der Waals surface area contributed by atoms with Gasteiger partial charge in [0.15, 0.2) is 0 Å². The first-order chi connectivity index (χ1) is 7.76. The van der Waals surface area contributed by atoms with Gasteiger partial charge in [-0.3, -0.25) is 0 Å². The fourth-order valence-corrected chi connectivity index (χ4v) is 2.86. The van der Waals surface area contributed by atoms with Crippen LogP contribution in [0.15, 0.2) is 0 Å². The van der Waals surface area contributed by atoms with Gasteiger partial charge in [-0.1, -0.05) is 6.42 Å². The molecule has 2 unspecified atom stereocenters. The van der Waals surface area contributed by atoms with Gasteiger partial charge in [-0.15, -0.1) is 0 Å². The Morgan fingerprint density at radius 3 is 2.75 bits per heavy atom. The maximum absolute atomic E-state index is 5.58. The lowest BCUT2D eigenvalue weighted by atomic mass is 9.66. The molecule has 1 aliphatic carbocycles. The van der Waals surface area contributed by atoms with Gasteiger partial charge in [0, 0.05) is 32.9 Å². The topological polar surface area (TPSA) is 30.5 Å². The van der Waals surface area contributed by atoms with Gasteiger partial charge in [-0.05, 0) is 38.0 Å². The minimum absolute atomic E-state index is 0.388. The van der Waals surface area contributed by atoms with E-state index in [0.29, 0.717) is 17.6 Å². The summed E-state index contributed by atoms with van der Waals surface area (Å²) in [6.07, 6.45) is 6.89. The van der Waals surface area contributed by atoms with Crippen LogP contribution in [0.3, 0.4) is 0 Å². The van der Waals surface area contributed by atoms with Crippen molar-refractivity contribution < 1.29 is 9.47 Å². The molecular weight excluding hydrogens is 202 g/mol. The highest BCUT2D eigenvalue weighted by Crippen LogP contribution is 2.43. The Balaban J connectivity index is 1.74. The average molecular weight is 227 g/mol. The van der Waals surface area contributed by atoms with E-state index < -0.39 is 0 Å². The number of rotatable bonds is 6. The van der Waals surface area contributed by atoms with Gasteiger partial charge in [-0.2, -0.15) is 0 Å². The third kappa shape index (κ3) is 2.76. The number of hydrogen-bond donors (Lipinski definition) is 1. The van der Waals surface area contributed by atoms with E-state index in [9.17, 15) is 0 Å². The van der Waals surface area contributed by atoms with E-state index in [1.807, 2.05) is 0 Å². The molecular formula is C13H25NO2. The van der Waals surface area contributed by atoms with Crippen LogP contribution in [0.4, 0.5) is 0 Å². The normalized spacial score (nSPS) is 32.6. The molecule has 1 saturated heterocycles. The van der Waals surface area contributed by atoms with E-state index in [-0.39, 0.29) is 0 Å². The molecule has 0 aromatic carbocycles. The summed E-state index contributed by atoms with van der Waals surface area (Å²) in [5, 5.41) is 3.70. The number of methoxy groups -OCH3 is 1. The summed E-state index contributed by atoms with van der Waals surface area (Å²) in [5.74, 6) is 0. The predicted octanol–water partition coefficient (Wildman–Crippen LogP) is 1.96. The largest absolute Gasteiger partial charge is 0.385 e. The fourth-order valence-electron chi connectivity index (χ4n) is 2.86. The molecule has 2 aliphatic rings. The maximum Gasteiger partial charge on any atom is 0.0700 e. The molecule has 1 aliphatic heterocycles. The van der Waals surface area contributed by atoms with E-state index in [0.717, 1.165) is 19.8 Å². The monoisotopic (exact) mass is 227 g/mol. The summed E-state index contributed by atoms with van der Waals surface area (Å²) in [6, 6.07) is 0.569. The number of nitrogens with one attached hydrogen (secondary N) is 1. The number of ether oxygens (including phenoxy) is 2. The average Bonchev–Trinajstić information content (AvgIpc) is 2.62. The lowest BCUT2D eigenvalue weighted by Gasteiger charge is -2.43. The third-order valence-electron chi connectivity index (χ3n) is 4.37. The van der Waals surface area contributed by atoms with Crippen molar-refractivity contribution >= 4 is 0 Å². The Labute approximate surface area is 98.9 Å². The third-order valence-corrected chi connectivity index (χ3v) is 4.37. The van der Waals surface area contributed by atoms with Gasteiger partial charge in [0.2, 0.25) is 0 Å². The molecule has 3 heteroatoms. The summed E-state index contributed by atoms with van der Waals surface area (Å²) in [6.45, 7) is 5.14. The minimum atomic E-state index is 0.388. The van der Waals surface area contributed by atoms with Crippen molar-refractivity contribution in [1.82, 2.24) is 5.32 Å². The van der Waals surface area contributed by atoms with Crippen LogP contribution in [-0.2, 0) is 9.47 Å². The summed E-state index contributed by atoms with van der Waals surface area (Å²) >= 11 is 0. The van der Waals surface area contributed by atoms with Gasteiger partial charge in [-0.25, -0.2) is 0 Å². The quantitative estimate of drug-likeness (QED) is 0.752. The first-order valence-electron chi connectivity index (χ1n) is 6.60. The van der Waals surface area contributed by atoms with Gasteiger partial charge in [0.05, 0.1) is 6.10 Å². The molecule has 1 saturated carbocycles. The van der Waals surface area contributed by atoms with Crippen LogP contribution in [0.2, 0.25) is 0 Å². The van der Waals surface area contributed by atoms with Crippen LogP contribution in [-0.4, -0.2) is 39.0 Å². The van der Waals surface area contributed by atoms with Crippen molar-refractivity contribution in [1.29, 1.82) is 0 Å². The Hall–Kier alpha value is -0.120. The zero-order valence-corrected chi connectivity index (χ0v) is 10.6. The van der Waals surface area contributed by atoms with Crippen molar-refractivity contribution in [3.8, 4) is 0 Å². The molecule has 2 rings (SSSR count). The highest BCUT2D eigenvalue weighted by molar-refractivity contribution is 4.91. The molecule has 2 atom stereocenters. The smallest absolute Gasteiger partial charge is 0.0700 e. The van der Waals surface area contributed by atoms with E-state index >= 15 is 0 Å². The molecule has 94 valence electrons. The number of hydrogen-bond acceptors (Lipinski definition) is 3. The molecule has 0 aromatic rings.